The van der Waals surface area contributed by atoms with Crippen molar-refractivity contribution in [3.63, 3.8) is 0 Å². The lowest BCUT2D eigenvalue weighted by Crippen LogP contribution is -2.42. The molecule has 27 heavy (non-hydrogen) atoms. The third kappa shape index (κ3) is 4.88. The third-order valence-electron chi connectivity index (χ3n) is 4.10. The van der Waals surface area contributed by atoms with Crippen LogP contribution in [0.3, 0.4) is 0 Å². The number of carbonyl (C=O) groups is 2. The summed E-state index contributed by atoms with van der Waals surface area (Å²) < 4.78 is 10.2. The molecule has 1 fully saturated rings. The largest absolute Gasteiger partial charge is 0.376 e. The van der Waals surface area contributed by atoms with E-state index >= 15 is 0 Å². The van der Waals surface area contributed by atoms with Crippen molar-refractivity contribution in [1.82, 2.24) is 10.1 Å². The van der Waals surface area contributed by atoms with E-state index in [4.69, 9.17) is 4.74 Å². The van der Waals surface area contributed by atoms with E-state index in [9.17, 15) is 19.7 Å². The van der Waals surface area contributed by atoms with E-state index in [0.717, 1.165) is 12.8 Å². The standard InChI is InChI=1S/C17H18N4O6/c22-16(18-15-7-9-27-19-15)11-20(10-14-2-1-8-26-14)17(23)12-3-5-13(6-4-12)21(24)25/h3-7,9,14H,1-2,8,10-11H2,(H,18,19,22). The highest BCUT2D eigenvalue weighted by atomic mass is 16.6. The summed E-state index contributed by atoms with van der Waals surface area (Å²) in [6.45, 7) is 0.667. The van der Waals surface area contributed by atoms with Crippen LogP contribution in [0.15, 0.2) is 41.1 Å². The van der Waals surface area contributed by atoms with Crippen LogP contribution in [0.5, 0.6) is 0 Å². The fourth-order valence-corrected chi connectivity index (χ4v) is 2.79. The SMILES string of the molecule is O=C(CN(CC1CCCO1)C(=O)c1ccc([N+](=O)[O-])cc1)Nc1ccon1. The number of carbonyl (C=O) groups excluding carboxylic acids is 2. The highest BCUT2D eigenvalue weighted by Gasteiger charge is 2.25. The summed E-state index contributed by atoms with van der Waals surface area (Å²) in [7, 11) is 0. The number of hydrogen-bond acceptors (Lipinski definition) is 7. The van der Waals surface area contributed by atoms with Gasteiger partial charge >= 0.3 is 0 Å². The number of nitro groups is 1. The fourth-order valence-electron chi connectivity index (χ4n) is 2.79. The minimum Gasteiger partial charge on any atom is -0.376 e. The molecule has 1 aromatic heterocycles. The Balaban J connectivity index is 1.72. The zero-order chi connectivity index (χ0) is 19.2. The maximum Gasteiger partial charge on any atom is 0.269 e. The first-order chi connectivity index (χ1) is 13.0. The number of amides is 2. The number of benzene rings is 1. The number of nitro benzene ring substituents is 1. The van der Waals surface area contributed by atoms with Crippen molar-refractivity contribution >= 4 is 23.3 Å². The molecular weight excluding hydrogens is 356 g/mol. The van der Waals surface area contributed by atoms with Gasteiger partial charge in [0, 0.05) is 36.9 Å². The molecule has 3 rings (SSSR count). The summed E-state index contributed by atoms with van der Waals surface area (Å²) >= 11 is 0. The molecule has 1 atom stereocenters. The van der Waals surface area contributed by atoms with Gasteiger partial charge < -0.3 is 19.5 Å². The summed E-state index contributed by atoms with van der Waals surface area (Å²) in [5.41, 5.74) is 0.147. The van der Waals surface area contributed by atoms with Crippen molar-refractivity contribution in [2.24, 2.45) is 0 Å². The molecule has 10 nitrogen and oxygen atoms in total. The molecule has 1 aliphatic rings. The monoisotopic (exact) mass is 374 g/mol. The highest BCUT2D eigenvalue weighted by Crippen LogP contribution is 2.17. The Morgan fingerprint density at radius 3 is 2.67 bits per heavy atom. The molecule has 1 aromatic carbocycles. The van der Waals surface area contributed by atoms with Gasteiger partial charge in [0.25, 0.3) is 11.6 Å². The van der Waals surface area contributed by atoms with Gasteiger partial charge in [-0.2, -0.15) is 0 Å². The Kier molecular flexibility index (Phi) is 5.77. The first kappa shape index (κ1) is 18.5. The van der Waals surface area contributed by atoms with Gasteiger partial charge in [0.2, 0.25) is 5.91 Å². The van der Waals surface area contributed by atoms with Gasteiger partial charge in [-0.25, -0.2) is 0 Å². The number of anilines is 1. The van der Waals surface area contributed by atoms with E-state index in [1.807, 2.05) is 0 Å². The molecule has 1 unspecified atom stereocenters. The lowest BCUT2D eigenvalue weighted by Gasteiger charge is -2.25. The van der Waals surface area contributed by atoms with Crippen molar-refractivity contribution in [2.45, 2.75) is 18.9 Å². The van der Waals surface area contributed by atoms with E-state index in [1.54, 1.807) is 0 Å². The number of aromatic nitrogens is 1. The quantitative estimate of drug-likeness (QED) is 0.578. The normalized spacial score (nSPS) is 16.1. The van der Waals surface area contributed by atoms with E-state index < -0.39 is 16.7 Å². The van der Waals surface area contributed by atoms with Crippen molar-refractivity contribution in [1.29, 1.82) is 0 Å². The van der Waals surface area contributed by atoms with E-state index in [0.29, 0.717) is 6.61 Å². The minimum absolute atomic E-state index is 0.110. The zero-order valence-electron chi connectivity index (χ0n) is 14.4. The van der Waals surface area contributed by atoms with Crippen molar-refractivity contribution in [3.05, 3.63) is 52.3 Å². The first-order valence-corrected chi connectivity index (χ1v) is 8.38. The fraction of sp³-hybridized carbons (Fsp3) is 0.353. The third-order valence-corrected chi connectivity index (χ3v) is 4.10. The number of nitrogens with zero attached hydrogens (tertiary/aromatic N) is 3. The zero-order valence-corrected chi connectivity index (χ0v) is 14.4. The molecule has 0 saturated carbocycles. The summed E-state index contributed by atoms with van der Waals surface area (Å²) in [4.78, 5) is 36.7. The van der Waals surface area contributed by atoms with Crippen LogP contribution in [0.4, 0.5) is 11.5 Å². The van der Waals surface area contributed by atoms with Crippen molar-refractivity contribution in [2.75, 3.05) is 25.0 Å². The molecule has 1 aliphatic heterocycles. The molecule has 10 heteroatoms. The van der Waals surface area contributed by atoms with Gasteiger partial charge in [0.15, 0.2) is 5.82 Å². The van der Waals surface area contributed by atoms with E-state index in [1.165, 1.54) is 41.5 Å². The molecule has 0 bridgehead atoms. The molecular formula is C17H18N4O6. The number of ether oxygens (including phenoxy) is 1. The molecule has 2 aromatic rings. The highest BCUT2D eigenvalue weighted by molar-refractivity contribution is 5.99. The van der Waals surface area contributed by atoms with Gasteiger partial charge in [-0.1, -0.05) is 5.16 Å². The summed E-state index contributed by atoms with van der Waals surface area (Å²) in [5.74, 6) is -0.590. The van der Waals surface area contributed by atoms with Crippen LogP contribution in [-0.2, 0) is 9.53 Å². The van der Waals surface area contributed by atoms with Gasteiger partial charge in [0.1, 0.15) is 12.8 Å². The van der Waals surface area contributed by atoms with Crippen LogP contribution in [0.1, 0.15) is 23.2 Å². The second kappa shape index (κ2) is 8.41. The predicted molar refractivity (Wildman–Crippen MR) is 93.1 cm³/mol. The molecule has 1 N–H and O–H groups in total. The van der Waals surface area contributed by atoms with Gasteiger partial charge in [-0.05, 0) is 25.0 Å². The topological polar surface area (TPSA) is 128 Å². The molecule has 142 valence electrons. The Bertz CT molecular complexity index is 799. The van der Waals surface area contributed by atoms with Gasteiger partial charge in [-0.3, -0.25) is 19.7 Å². The second-order valence-electron chi connectivity index (χ2n) is 6.06. The molecule has 0 spiro atoms. The smallest absolute Gasteiger partial charge is 0.269 e. The number of hydrogen-bond donors (Lipinski definition) is 1. The summed E-state index contributed by atoms with van der Waals surface area (Å²) in [6.07, 6.45) is 2.87. The molecule has 2 amide bonds. The van der Waals surface area contributed by atoms with Crippen molar-refractivity contribution < 1.29 is 23.8 Å². The number of rotatable bonds is 7. The average Bonchev–Trinajstić information content (AvgIpc) is 3.34. The lowest BCUT2D eigenvalue weighted by atomic mass is 10.1. The molecule has 1 saturated heterocycles. The average molecular weight is 374 g/mol. The molecule has 2 heterocycles. The van der Waals surface area contributed by atoms with Crippen LogP contribution >= 0.6 is 0 Å². The Morgan fingerprint density at radius 2 is 2.07 bits per heavy atom. The van der Waals surface area contributed by atoms with Crippen LogP contribution in [0.25, 0.3) is 0 Å². The minimum atomic E-state index is -0.538. The Morgan fingerprint density at radius 1 is 1.30 bits per heavy atom. The second-order valence-corrected chi connectivity index (χ2v) is 6.06. The lowest BCUT2D eigenvalue weighted by molar-refractivity contribution is -0.384. The van der Waals surface area contributed by atoms with Gasteiger partial charge in [0.05, 0.1) is 11.0 Å². The molecule has 0 radical (unpaired) electrons. The Labute approximate surface area is 154 Å². The van der Waals surface area contributed by atoms with Crippen LogP contribution in [0.2, 0.25) is 0 Å². The first-order valence-electron chi connectivity index (χ1n) is 8.38. The number of nitrogens with one attached hydrogen (secondary N) is 1. The molecule has 0 aliphatic carbocycles. The Hall–Kier alpha value is -3.27. The van der Waals surface area contributed by atoms with Gasteiger partial charge in [-0.15, -0.1) is 0 Å². The maximum absolute atomic E-state index is 12.8. The van der Waals surface area contributed by atoms with E-state index in [-0.39, 0.29) is 36.3 Å². The summed E-state index contributed by atoms with van der Waals surface area (Å²) in [6, 6.07) is 6.75. The van der Waals surface area contributed by atoms with E-state index in [2.05, 4.69) is 15.0 Å². The van der Waals surface area contributed by atoms with Crippen LogP contribution < -0.4 is 5.32 Å². The summed E-state index contributed by atoms with van der Waals surface area (Å²) in [5, 5.41) is 16.9. The predicted octanol–water partition coefficient (Wildman–Crippen LogP) is 1.84. The number of non-ortho nitro benzene ring substituents is 1. The van der Waals surface area contributed by atoms with Crippen LogP contribution in [-0.4, -0.2) is 52.6 Å². The van der Waals surface area contributed by atoms with Crippen molar-refractivity contribution in [3.8, 4) is 0 Å². The van der Waals surface area contributed by atoms with Crippen LogP contribution in [0, 0.1) is 10.1 Å². The maximum atomic E-state index is 12.8.